The van der Waals surface area contributed by atoms with Crippen molar-refractivity contribution in [2.24, 2.45) is 4.99 Å². The molecule has 4 heteroatoms. The van der Waals surface area contributed by atoms with Crippen molar-refractivity contribution >= 4 is 34.6 Å². The van der Waals surface area contributed by atoms with Crippen LogP contribution in [0.5, 0.6) is 5.75 Å². The minimum absolute atomic E-state index is 0.795. The van der Waals surface area contributed by atoms with Crippen LogP contribution < -0.4 is 4.74 Å². The van der Waals surface area contributed by atoms with Gasteiger partial charge in [0.05, 0.1) is 23.9 Å². The van der Waals surface area contributed by atoms with Gasteiger partial charge in [-0.05, 0) is 24.3 Å². The first-order chi connectivity index (χ1) is 9.85. The number of methoxy groups -OCH3 is 1. The number of benzene rings is 2. The highest BCUT2D eigenvalue weighted by molar-refractivity contribution is 7.99. The maximum atomic E-state index is 5.89. The quantitative estimate of drug-likeness (QED) is 0.509. The van der Waals surface area contributed by atoms with Crippen LogP contribution in [0.25, 0.3) is 11.0 Å². The van der Waals surface area contributed by atoms with Gasteiger partial charge in [-0.3, -0.25) is 4.99 Å². The molecule has 0 amide bonds. The van der Waals surface area contributed by atoms with Crippen LogP contribution in [0.3, 0.4) is 0 Å². The zero-order chi connectivity index (χ0) is 13.5. The van der Waals surface area contributed by atoms with Gasteiger partial charge in [-0.1, -0.05) is 23.9 Å². The summed E-state index contributed by atoms with van der Waals surface area (Å²) in [5.41, 5.74) is 1.80. The number of hydrogen-bond acceptors (Lipinski definition) is 4. The van der Waals surface area contributed by atoms with E-state index in [1.165, 1.54) is 0 Å². The predicted molar refractivity (Wildman–Crippen MR) is 80.6 cm³/mol. The van der Waals surface area contributed by atoms with Gasteiger partial charge in [0.2, 0.25) is 0 Å². The molecule has 0 spiro atoms. The van der Waals surface area contributed by atoms with Crippen molar-refractivity contribution in [3.63, 3.8) is 0 Å². The number of ether oxygens (including phenoxy) is 1. The fourth-order valence-corrected chi connectivity index (χ4v) is 3.34. The van der Waals surface area contributed by atoms with E-state index in [0.29, 0.717) is 0 Å². The average molecular weight is 281 g/mol. The Labute approximate surface area is 120 Å². The molecule has 1 aromatic heterocycles. The first-order valence-corrected chi connectivity index (χ1v) is 7.08. The number of furan rings is 1. The fraction of sp³-hybridized carbons (Fsp3) is 0.0625. The van der Waals surface area contributed by atoms with E-state index in [2.05, 4.69) is 11.1 Å². The van der Waals surface area contributed by atoms with E-state index >= 15 is 0 Å². The summed E-state index contributed by atoms with van der Waals surface area (Å²) in [5, 5.41) is 1.09. The molecule has 0 atom stereocenters. The lowest BCUT2D eigenvalue weighted by Gasteiger charge is -2.02. The van der Waals surface area contributed by atoms with E-state index in [1.807, 2.05) is 36.4 Å². The molecule has 0 N–H and O–H groups in total. The summed E-state index contributed by atoms with van der Waals surface area (Å²) in [7, 11) is 1.65. The smallest absolute Gasteiger partial charge is 0.160 e. The maximum absolute atomic E-state index is 5.89. The zero-order valence-corrected chi connectivity index (χ0v) is 11.6. The molecule has 20 heavy (non-hydrogen) atoms. The summed E-state index contributed by atoms with van der Waals surface area (Å²) in [6, 6.07) is 14.0. The Bertz CT molecular complexity index is 836. The number of aliphatic imine (C=N–C) groups is 1. The van der Waals surface area contributed by atoms with Gasteiger partial charge in [0.25, 0.3) is 0 Å². The third-order valence-electron chi connectivity index (χ3n) is 3.28. The summed E-state index contributed by atoms with van der Waals surface area (Å²) in [6.07, 6.45) is 1.79. The summed E-state index contributed by atoms with van der Waals surface area (Å²) >= 11 is 1.69. The molecular formula is C16H11NO2S. The van der Waals surface area contributed by atoms with Crippen molar-refractivity contribution in [2.75, 3.05) is 7.11 Å². The average Bonchev–Trinajstić information content (AvgIpc) is 2.72. The molecule has 98 valence electrons. The van der Waals surface area contributed by atoms with Gasteiger partial charge in [0.15, 0.2) is 5.76 Å². The third-order valence-corrected chi connectivity index (χ3v) is 4.47. The highest BCUT2D eigenvalue weighted by Crippen LogP contribution is 2.43. The van der Waals surface area contributed by atoms with Gasteiger partial charge in [-0.25, -0.2) is 0 Å². The molecule has 3 nitrogen and oxygen atoms in total. The first kappa shape index (κ1) is 11.6. The second-order valence-electron chi connectivity index (χ2n) is 4.49. The van der Waals surface area contributed by atoms with Gasteiger partial charge in [0.1, 0.15) is 11.3 Å². The van der Waals surface area contributed by atoms with Crippen LogP contribution in [0, 0.1) is 0 Å². The molecule has 2 aromatic carbocycles. The molecule has 0 unspecified atom stereocenters. The van der Waals surface area contributed by atoms with E-state index in [0.717, 1.165) is 38.0 Å². The lowest BCUT2D eigenvalue weighted by Crippen LogP contribution is -1.80. The molecule has 0 radical (unpaired) electrons. The molecular weight excluding hydrogens is 270 g/mol. The Hall–Kier alpha value is -2.20. The van der Waals surface area contributed by atoms with Crippen molar-refractivity contribution < 1.29 is 9.15 Å². The number of rotatable bonds is 1. The van der Waals surface area contributed by atoms with Gasteiger partial charge < -0.3 is 9.15 Å². The van der Waals surface area contributed by atoms with Crippen LogP contribution in [-0.4, -0.2) is 13.3 Å². The van der Waals surface area contributed by atoms with E-state index < -0.39 is 0 Å². The van der Waals surface area contributed by atoms with Gasteiger partial charge >= 0.3 is 0 Å². The highest BCUT2D eigenvalue weighted by Gasteiger charge is 2.18. The monoisotopic (exact) mass is 281 g/mol. The van der Waals surface area contributed by atoms with Crippen molar-refractivity contribution in [1.29, 1.82) is 0 Å². The first-order valence-electron chi connectivity index (χ1n) is 6.26. The molecule has 0 aliphatic carbocycles. The molecule has 4 rings (SSSR count). The Morgan fingerprint density at radius 3 is 2.95 bits per heavy atom. The number of hydrogen-bond donors (Lipinski definition) is 0. The fourth-order valence-electron chi connectivity index (χ4n) is 2.28. The van der Waals surface area contributed by atoms with Gasteiger partial charge in [0, 0.05) is 16.3 Å². The Morgan fingerprint density at radius 2 is 2.05 bits per heavy atom. The molecule has 0 bridgehead atoms. The summed E-state index contributed by atoms with van der Waals surface area (Å²) < 4.78 is 11.1. The number of para-hydroxylation sites is 1. The van der Waals surface area contributed by atoms with E-state index in [9.17, 15) is 0 Å². The Kier molecular flexibility index (Phi) is 2.57. The van der Waals surface area contributed by atoms with Crippen LogP contribution >= 0.6 is 11.8 Å². The molecule has 0 saturated heterocycles. The SMILES string of the molecule is COc1ccc2c3c(oc2c1)C=Nc1ccccc1S3. The Morgan fingerprint density at radius 1 is 1.15 bits per heavy atom. The molecule has 2 heterocycles. The van der Waals surface area contributed by atoms with E-state index in [-0.39, 0.29) is 0 Å². The largest absolute Gasteiger partial charge is 0.497 e. The Balaban J connectivity index is 1.94. The van der Waals surface area contributed by atoms with Gasteiger partial charge in [-0.15, -0.1) is 0 Å². The third kappa shape index (κ3) is 1.72. The van der Waals surface area contributed by atoms with E-state index in [4.69, 9.17) is 9.15 Å². The highest BCUT2D eigenvalue weighted by atomic mass is 32.2. The van der Waals surface area contributed by atoms with Crippen molar-refractivity contribution in [2.45, 2.75) is 9.79 Å². The summed E-state index contributed by atoms with van der Waals surface area (Å²) in [4.78, 5) is 6.74. The molecule has 1 aliphatic heterocycles. The lowest BCUT2D eigenvalue weighted by atomic mass is 10.2. The van der Waals surface area contributed by atoms with Gasteiger partial charge in [-0.2, -0.15) is 0 Å². The zero-order valence-electron chi connectivity index (χ0n) is 10.8. The van der Waals surface area contributed by atoms with Crippen LogP contribution in [0.4, 0.5) is 5.69 Å². The van der Waals surface area contributed by atoms with Crippen LogP contribution in [0.2, 0.25) is 0 Å². The second-order valence-corrected chi connectivity index (χ2v) is 5.54. The molecule has 0 saturated carbocycles. The minimum atomic E-state index is 0.795. The van der Waals surface area contributed by atoms with Crippen molar-refractivity contribution in [1.82, 2.24) is 0 Å². The number of fused-ring (bicyclic) bond motifs is 4. The standard InChI is InChI=1S/C16H11NO2S/c1-18-10-6-7-11-13(8-10)19-14-9-17-12-4-2-3-5-15(12)20-16(11)14/h2-9H,1H3. The topological polar surface area (TPSA) is 34.7 Å². The van der Waals surface area contributed by atoms with Crippen LogP contribution in [-0.2, 0) is 0 Å². The second kappa shape index (κ2) is 4.42. The molecule has 3 aromatic rings. The maximum Gasteiger partial charge on any atom is 0.160 e. The van der Waals surface area contributed by atoms with E-state index in [1.54, 1.807) is 25.1 Å². The van der Waals surface area contributed by atoms with Crippen molar-refractivity contribution in [3.05, 3.63) is 48.2 Å². The normalized spacial score (nSPS) is 12.8. The molecule has 1 aliphatic rings. The minimum Gasteiger partial charge on any atom is -0.497 e. The summed E-state index contributed by atoms with van der Waals surface area (Å²) in [5.74, 6) is 1.60. The lowest BCUT2D eigenvalue weighted by molar-refractivity contribution is 0.414. The summed E-state index contributed by atoms with van der Waals surface area (Å²) in [6.45, 7) is 0. The van der Waals surface area contributed by atoms with Crippen LogP contribution in [0.1, 0.15) is 5.76 Å². The predicted octanol–water partition coefficient (Wildman–Crippen LogP) is 4.66. The van der Waals surface area contributed by atoms with Crippen molar-refractivity contribution in [3.8, 4) is 5.75 Å². The molecule has 0 fully saturated rings. The van der Waals surface area contributed by atoms with Crippen LogP contribution in [0.15, 0.2) is 61.7 Å². The number of nitrogens with zero attached hydrogens (tertiary/aromatic N) is 1.